The standard InChI is InChI=1S/C26H46NOP/c1-7-10-16-29(17-11-8-2,18-12-9-3)26(14-13-15-26)25(28)27-24-22(5)19-21(4)20-23(24)6/h19-20,29H,7-18H2,1-6H3,(H,27,28). The van der Waals surface area contributed by atoms with Crippen LogP contribution in [0.3, 0.4) is 0 Å². The van der Waals surface area contributed by atoms with E-state index >= 15 is 0 Å². The molecular formula is C26H46NOP. The van der Waals surface area contributed by atoms with Crippen LogP contribution in [0.2, 0.25) is 0 Å². The van der Waals surface area contributed by atoms with Gasteiger partial charge in [-0.1, -0.05) is 0 Å². The summed E-state index contributed by atoms with van der Waals surface area (Å²) >= 11 is 0. The number of nitrogens with one attached hydrogen (secondary N) is 1. The van der Waals surface area contributed by atoms with E-state index in [1.54, 1.807) is 0 Å². The van der Waals surface area contributed by atoms with Crippen LogP contribution in [0, 0.1) is 20.8 Å². The van der Waals surface area contributed by atoms with Gasteiger partial charge in [-0.05, 0) is 0 Å². The van der Waals surface area contributed by atoms with E-state index in [2.05, 4.69) is 59.0 Å². The van der Waals surface area contributed by atoms with Crippen LogP contribution in [-0.2, 0) is 4.79 Å². The minimum atomic E-state index is -1.70. The van der Waals surface area contributed by atoms with E-state index in [1.165, 1.54) is 80.1 Å². The van der Waals surface area contributed by atoms with E-state index in [4.69, 9.17) is 0 Å². The Hall–Kier alpha value is -0.880. The number of hydrogen-bond acceptors (Lipinski definition) is 1. The Morgan fingerprint density at radius 1 is 0.897 bits per heavy atom. The van der Waals surface area contributed by atoms with Gasteiger partial charge in [-0.2, -0.15) is 0 Å². The Morgan fingerprint density at radius 3 is 1.69 bits per heavy atom. The molecule has 166 valence electrons. The molecule has 2 nitrogen and oxygen atoms in total. The van der Waals surface area contributed by atoms with Gasteiger partial charge in [0.25, 0.3) is 0 Å². The first kappa shape index (κ1) is 24.4. The monoisotopic (exact) mass is 419 g/mol. The van der Waals surface area contributed by atoms with Crippen molar-refractivity contribution in [1.29, 1.82) is 0 Å². The van der Waals surface area contributed by atoms with Crippen molar-refractivity contribution in [2.45, 2.75) is 104 Å². The van der Waals surface area contributed by atoms with Crippen LogP contribution in [-0.4, -0.2) is 29.5 Å². The molecule has 0 aliphatic heterocycles. The fraction of sp³-hybridized carbons (Fsp3) is 0.731. The van der Waals surface area contributed by atoms with Crippen molar-refractivity contribution in [3.05, 3.63) is 28.8 Å². The van der Waals surface area contributed by atoms with Gasteiger partial charge in [0.05, 0.1) is 0 Å². The molecule has 0 atom stereocenters. The molecule has 0 spiro atoms. The number of unbranched alkanes of at least 4 members (excludes halogenated alkanes) is 3. The van der Waals surface area contributed by atoms with Crippen molar-refractivity contribution in [1.82, 2.24) is 0 Å². The number of rotatable bonds is 12. The molecule has 3 heteroatoms. The quantitative estimate of drug-likeness (QED) is 0.347. The van der Waals surface area contributed by atoms with Crippen molar-refractivity contribution in [2.24, 2.45) is 0 Å². The topological polar surface area (TPSA) is 29.1 Å². The van der Waals surface area contributed by atoms with Crippen molar-refractivity contribution >= 4 is 18.9 Å². The number of anilines is 1. The maximum atomic E-state index is 14.0. The fourth-order valence-electron chi connectivity index (χ4n) is 5.78. The first-order valence-electron chi connectivity index (χ1n) is 12.2. The molecule has 0 saturated heterocycles. The molecule has 1 aliphatic rings. The van der Waals surface area contributed by atoms with Crippen LogP contribution in [0.15, 0.2) is 12.1 Å². The summed E-state index contributed by atoms with van der Waals surface area (Å²) in [7, 11) is -1.70. The molecule has 1 N–H and O–H groups in total. The molecule has 29 heavy (non-hydrogen) atoms. The molecule has 0 heterocycles. The van der Waals surface area contributed by atoms with Crippen LogP contribution < -0.4 is 5.32 Å². The van der Waals surface area contributed by atoms with Crippen LogP contribution >= 0.6 is 7.26 Å². The van der Waals surface area contributed by atoms with Crippen LogP contribution in [0.5, 0.6) is 0 Å². The number of benzene rings is 1. The summed E-state index contributed by atoms with van der Waals surface area (Å²) in [6.45, 7) is 13.3. The summed E-state index contributed by atoms with van der Waals surface area (Å²) in [6, 6.07) is 4.40. The molecule has 0 radical (unpaired) electrons. The number of hydrogen-bond donors (Lipinski definition) is 1. The second kappa shape index (κ2) is 10.9. The van der Waals surface area contributed by atoms with Gasteiger partial charge in [-0.15, -0.1) is 0 Å². The molecular weight excluding hydrogens is 373 g/mol. The van der Waals surface area contributed by atoms with Crippen LogP contribution in [0.1, 0.15) is 95.2 Å². The summed E-state index contributed by atoms with van der Waals surface area (Å²) in [5.41, 5.74) is 4.74. The number of carbonyl (C=O) groups excluding carboxylic acids is 1. The van der Waals surface area contributed by atoms with Gasteiger partial charge in [0, 0.05) is 0 Å². The minimum absolute atomic E-state index is 0.0315. The normalized spacial score (nSPS) is 16.3. The molecule has 0 aromatic heterocycles. The molecule has 1 fully saturated rings. The zero-order valence-corrected chi connectivity index (χ0v) is 21.0. The zero-order valence-electron chi connectivity index (χ0n) is 20.0. The first-order chi connectivity index (χ1) is 13.9. The van der Waals surface area contributed by atoms with Gasteiger partial charge in [0.15, 0.2) is 0 Å². The van der Waals surface area contributed by atoms with Crippen molar-refractivity contribution < 1.29 is 4.79 Å². The van der Waals surface area contributed by atoms with Crippen molar-refractivity contribution in [2.75, 3.05) is 23.8 Å². The third-order valence-corrected chi connectivity index (χ3v) is 14.3. The van der Waals surface area contributed by atoms with E-state index in [9.17, 15) is 4.79 Å². The second-order valence-corrected chi connectivity index (χ2v) is 14.8. The molecule has 1 aromatic carbocycles. The van der Waals surface area contributed by atoms with E-state index in [-0.39, 0.29) is 5.16 Å². The summed E-state index contributed by atoms with van der Waals surface area (Å²) < 4.78 is 0. The Kier molecular flexibility index (Phi) is 9.20. The Morgan fingerprint density at radius 2 is 1.34 bits per heavy atom. The molecule has 2 rings (SSSR count). The average Bonchev–Trinajstić information content (AvgIpc) is 2.64. The third kappa shape index (κ3) is 5.25. The van der Waals surface area contributed by atoms with Gasteiger partial charge in [0.2, 0.25) is 0 Å². The van der Waals surface area contributed by atoms with E-state index in [0.717, 1.165) is 18.5 Å². The number of aryl methyl sites for hydroxylation is 3. The fourth-order valence-corrected chi connectivity index (χ4v) is 13.0. The van der Waals surface area contributed by atoms with Gasteiger partial charge in [-0.25, -0.2) is 0 Å². The molecule has 0 bridgehead atoms. The Balaban J connectivity index is 2.40. The summed E-state index contributed by atoms with van der Waals surface area (Å²) in [5, 5.41) is 3.45. The maximum absolute atomic E-state index is 14.0. The number of carbonyl (C=O) groups is 1. The first-order valence-corrected chi connectivity index (χ1v) is 14.9. The van der Waals surface area contributed by atoms with Crippen LogP contribution in [0.25, 0.3) is 0 Å². The SMILES string of the molecule is CCCC[PH](CCCC)(CCCC)C1(C(=O)Nc2c(C)cc(C)cc2C)CCC1. The van der Waals surface area contributed by atoms with E-state index in [1.807, 2.05) is 0 Å². The molecule has 1 aromatic rings. The van der Waals surface area contributed by atoms with Gasteiger partial charge < -0.3 is 0 Å². The summed E-state index contributed by atoms with van der Waals surface area (Å²) in [6.07, 6.45) is 15.2. The van der Waals surface area contributed by atoms with Crippen molar-refractivity contribution in [3.63, 3.8) is 0 Å². The van der Waals surface area contributed by atoms with Gasteiger partial charge >= 0.3 is 181 Å². The molecule has 1 amide bonds. The molecule has 0 unspecified atom stereocenters. The van der Waals surface area contributed by atoms with Crippen LogP contribution in [0.4, 0.5) is 5.69 Å². The van der Waals surface area contributed by atoms with E-state index in [0.29, 0.717) is 5.91 Å². The number of amides is 1. The average molecular weight is 420 g/mol. The van der Waals surface area contributed by atoms with Gasteiger partial charge in [0.1, 0.15) is 0 Å². The Bertz CT molecular complexity index is 633. The molecule has 1 aliphatic carbocycles. The Labute approximate surface area is 181 Å². The van der Waals surface area contributed by atoms with E-state index < -0.39 is 7.26 Å². The summed E-state index contributed by atoms with van der Waals surface area (Å²) in [5.74, 6) is 0.369. The second-order valence-electron chi connectivity index (χ2n) is 9.75. The predicted molar refractivity (Wildman–Crippen MR) is 134 cm³/mol. The van der Waals surface area contributed by atoms with Crippen molar-refractivity contribution in [3.8, 4) is 0 Å². The summed E-state index contributed by atoms with van der Waals surface area (Å²) in [4.78, 5) is 14.0. The molecule has 1 saturated carbocycles. The van der Waals surface area contributed by atoms with Gasteiger partial charge in [-0.3, -0.25) is 0 Å². The zero-order chi connectivity index (χ0) is 21.5. The predicted octanol–water partition coefficient (Wildman–Crippen LogP) is 7.62. The third-order valence-electron chi connectivity index (χ3n) is 7.60.